The number of ketones is 1. The van der Waals surface area contributed by atoms with E-state index in [1.807, 2.05) is 48.5 Å². The Labute approximate surface area is 264 Å². The molecule has 0 bridgehead atoms. The van der Waals surface area contributed by atoms with E-state index in [4.69, 9.17) is 9.47 Å². The summed E-state index contributed by atoms with van der Waals surface area (Å²) in [4.78, 5) is 52.5. The molecule has 240 valence electrons. The fourth-order valence-electron chi connectivity index (χ4n) is 5.14. The molecule has 2 aromatic carbocycles. The van der Waals surface area contributed by atoms with Gasteiger partial charge in [-0.3, -0.25) is 19.2 Å². The Morgan fingerprint density at radius 3 is 2.38 bits per heavy atom. The van der Waals surface area contributed by atoms with E-state index in [0.717, 1.165) is 17.5 Å². The van der Waals surface area contributed by atoms with Crippen LogP contribution in [0.4, 0.5) is 5.69 Å². The van der Waals surface area contributed by atoms with Crippen LogP contribution in [0.25, 0.3) is 22.5 Å². The number of aromatic nitrogens is 3. The molecule has 0 fully saturated rings. The first-order chi connectivity index (χ1) is 21.6. The summed E-state index contributed by atoms with van der Waals surface area (Å²) < 4.78 is 12.4. The minimum atomic E-state index is -0.440. The zero-order valence-corrected chi connectivity index (χ0v) is 26.6. The molecule has 2 heterocycles. The third-order valence-corrected chi connectivity index (χ3v) is 7.39. The summed E-state index contributed by atoms with van der Waals surface area (Å²) in [5.74, 6) is -0.234. The number of rotatable bonds is 15. The second kappa shape index (κ2) is 16.1. The van der Waals surface area contributed by atoms with E-state index in [1.165, 1.54) is 4.68 Å². The van der Waals surface area contributed by atoms with Crippen LogP contribution < -0.4 is 10.2 Å². The van der Waals surface area contributed by atoms with Crippen LogP contribution in [-0.4, -0.2) is 64.4 Å². The van der Waals surface area contributed by atoms with Crippen LogP contribution in [0.15, 0.2) is 48.5 Å². The molecule has 11 nitrogen and oxygen atoms in total. The molecule has 0 saturated heterocycles. The summed E-state index contributed by atoms with van der Waals surface area (Å²) >= 11 is 0. The van der Waals surface area contributed by atoms with E-state index in [9.17, 15) is 19.2 Å². The number of anilines is 1. The van der Waals surface area contributed by atoms with Crippen molar-refractivity contribution in [2.75, 3.05) is 24.7 Å². The summed E-state index contributed by atoms with van der Waals surface area (Å²) in [7, 11) is 0. The number of esters is 1. The van der Waals surface area contributed by atoms with Crippen molar-refractivity contribution < 1.29 is 28.7 Å². The average molecular weight is 618 g/mol. The van der Waals surface area contributed by atoms with Gasteiger partial charge in [0.15, 0.2) is 0 Å². The number of hydrogen-bond donors (Lipinski definition) is 1. The molecule has 2 amide bonds. The molecule has 0 spiro atoms. The van der Waals surface area contributed by atoms with Crippen LogP contribution in [0.2, 0.25) is 0 Å². The summed E-state index contributed by atoms with van der Waals surface area (Å²) in [6, 6.07) is 15.1. The number of fused-ring (bicyclic) bond motifs is 5. The quantitative estimate of drug-likeness (QED) is 0.191. The third-order valence-electron chi connectivity index (χ3n) is 7.39. The highest BCUT2D eigenvalue weighted by Gasteiger charge is 2.30. The van der Waals surface area contributed by atoms with Crippen LogP contribution >= 0.6 is 0 Å². The zero-order valence-electron chi connectivity index (χ0n) is 26.6. The number of carbonyl (C=O) groups is 4. The first-order valence-electron chi connectivity index (χ1n) is 15.6. The lowest BCUT2D eigenvalue weighted by Gasteiger charge is -2.28. The monoisotopic (exact) mass is 617 g/mol. The van der Waals surface area contributed by atoms with Crippen molar-refractivity contribution in [3.8, 4) is 22.5 Å². The average Bonchev–Trinajstić information content (AvgIpc) is 3.40. The number of benzene rings is 2. The van der Waals surface area contributed by atoms with Crippen molar-refractivity contribution in [2.24, 2.45) is 5.92 Å². The van der Waals surface area contributed by atoms with Crippen molar-refractivity contribution in [1.82, 2.24) is 20.3 Å². The lowest BCUT2D eigenvalue weighted by Crippen LogP contribution is -2.34. The number of carbonyl (C=O) groups excluding carboxylic acids is 4. The maximum Gasteiger partial charge on any atom is 0.328 e. The Kier molecular flexibility index (Phi) is 12.0. The van der Waals surface area contributed by atoms with Crippen LogP contribution in [0.3, 0.4) is 0 Å². The molecule has 3 aromatic rings. The van der Waals surface area contributed by atoms with E-state index < -0.39 is 5.97 Å². The van der Waals surface area contributed by atoms with Gasteiger partial charge in [0.05, 0.1) is 37.2 Å². The number of hydrogen-bond acceptors (Lipinski definition) is 8. The number of nitrogens with zero attached hydrogens (tertiary/aromatic N) is 4. The van der Waals surface area contributed by atoms with E-state index in [0.29, 0.717) is 61.2 Å². The summed E-state index contributed by atoms with van der Waals surface area (Å²) in [6.45, 7) is 8.81. The topological polar surface area (TPSA) is 133 Å². The Bertz CT molecular complexity index is 1500. The van der Waals surface area contributed by atoms with E-state index in [1.54, 1.807) is 18.7 Å². The largest absolute Gasteiger partial charge is 0.462 e. The fourth-order valence-corrected chi connectivity index (χ4v) is 5.14. The first kappa shape index (κ1) is 33.5. The molecule has 0 radical (unpaired) electrons. The van der Waals surface area contributed by atoms with Gasteiger partial charge in [-0.1, -0.05) is 61.5 Å². The summed E-state index contributed by atoms with van der Waals surface area (Å²) in [5.41, 5.74) is 4.22. The standard InChI is InChI=1S/C34H43N5O6/c1-23(2)13-14-26(40)17-19-44-20-18-35-30(41)15-16-31(42)38-21-25-9-5-6-10-27(25)33-34(28-11-7-8-12-29(28)38)39(37-36-33)22-32(43)45-24(3)4/h5-12,23-24H,13-22H2,1-4H3,(H,35,41). The Morgan fingerprint density at radius 2 is 1.62 bits per heavy atom. The van der Waals surface area contributed by atoms with Gasteiger partial charge in [0, 0.05) is 43.4 Å². The number of para-hydroxylation sites is 1. The van der Waals surface area contributed by atoms with Crippen molar-refractivity contribution >= 4 is 29.3 Å². The van der Waals surface area contributed by atoms with Crippen LogP contribution in [-0.2, 0) is 41.7 Å². The van der Waals surface area contributed by atoms with Crippen molar-refractivity contribution in [1.29, 1.82) is 0 Å². The maximum absolute atomic E-state index is 13.7. The van der Waals surface area contributed by atoms with Gasteiger partial charge in [-0.05, 0) is 37.8 Å². The molecule has 1 aliphatic heterocycles. The molecule has 0 atom stereocenters. The minimum absolute atomic E-state index is 0.00136. The molecular weight excluding hydrogens is 574 g/mol. The number of nitrogens with one attached hydrogen (secondary N) is 1. The van der Waals surface area contributed by atoms with Gasteiger partial charge in [-0.2, -0.15) is 0 Å². The molecule has 45 heavy (non-hydrogen) atoms. The molecule has 0 aliphatic carbocycles. The zero-order chi connectivity index (χ0) is 32.3. The molecule has 1 aliphatic rings. The lowest BCUT2D eigenvalue weighted by atomic mass is 9.95. The van der Waals surface area contributed by atoms with Gasteiger partial charge in [0.2, 0.25) is 11.8 Å². The Hall–Kier alpha value is -4.38. The smallest absolute Gasteiger partial charge is 0.328 e. The van der Waals surface area contributed by atoms with Gasteiger partial charge in [-0.25, -0.2) is 4.68 Å². The third kappa shape index (κ3) is 9.31. The Morgan fingerprint density at radius 1 is 0.889 bits per heavy atom. The molecule has 4 rings (SSSR count). The number of amides is 2. The van der Waals surface area contributed by atoms with Gasteiger partial charge < -0.3 is 19.7 Å². The Balaban J connectivity index is 1.42. The van der Waals surface area contributed by atoms with Gasteiger partial charge in [0.1, 0.15) is 18.0 Å². The van der Waals surface area contributed by atoms with E-state index in [-0.39, 0.29) is 49.6 Å². The second-order valence-corrected chi connectivity index (χ2v) is 11.8. The fraction of sp³-hybridized carbons (Fsp3) is 0.471. The van der Waals surface area contributed by atoms with E-state index in [2.05, 4.69) is 29.5 Å². The van der Waals surface area contributed by atoms with Crippen LogP contribution in [0, 0.1) is 5.92 Å². The highest BCUT2D eigenvalue weighted by atomic mass is 16.5. The highest BCUT2D eigenvalue weighted by molar-refractivity contribution is 6.01. The lowest BCUT2D eigenvalue weighted by molar-refractivity contribution is -0.148. The molecule has 11 heteroatoms. The molecular formula is C34H43N5O6. The van der Waals surface area contributed by atoms with E-state index >= 15 is 0 Å². The second-order valence-electron chi connectivity index (χ2n) is 11.8. The van der Waals surface area contributed by atoms with Crippen molar-refractivity contribution in [3.05, 3.63) is 54.1 Å². The predicted molar refractivity (Wildman–Crippen MR) is 170 cm³/mol. The van der Waals surface area contributed by atoms with Crippen molar-refractivity contribution in [3.63, 3.8) is 0 Å². The molecule has 1 aromatic heterocycles. The number of Topliss-reactive ketones (excluding diaryl/α,β-unsaturated/α-hetero) is 1. The SMILES string of the molecule is CC(C)CCC(=O)CCOCCNC(=O)CCC(=O)N1Cc2ccccc2-c2nnn(CC(=O)OC(C)C)c2-c2ccccc21. The predicted octanol–water partition coefficient (Wildman–Crippen LogP) is 4.72. The van der Waals surface area contributed by atoms with Crippen LogP contribution in [0.1, 0.15) is 65.4 Å². The summed E-state index contributed by atoms with van der Waals surface area (Å²) in [5, 5.41) is 11.6. The molecule has 0 saturated carbocycles. The number of ether oxygens (including phenoxy) is 2. The van der Waals surface area contributed by atoms with Crippen LogP contribution in [0.5, 0.6) is 0 Å². The van der Waals surface area contributed by atoms with Gasteiger partial charge in [-0.15, -0.1) is 5.10 Å². The summed E-state index contributed by atoms with van der Waals surface area (Å²) in [6.07, 6.45) is 1.55. The van der Waals surface area contributed by atoms with Crippen molar-refractivity contribution in [2.45, 2.75) is 79.0 Å². The highest BCUT2D eigenvalue weighted by Crippen LogP contribution is 2.41. The van der Waals surface area contributed by atoms with Gasteiger partial charge >= 0.3 is 5.97 Å². The minimum Gasteiger partial charge on any atom is -0.462 e. The maximum atomic E-state index is 13.7. The molecule has 1 N–H and O–H groups in total. The first-order valence-corrected chi connectivity index (χ1v) is 15.6. The normalized spacial score (nSPS) is 12.2. The molecule has 0 unspecified atom stereocenters. The van der Waals surface area contributed by atoms with Gasteiger partial charge in [0.25, 0.3) is 0 Å².